The first-order valence-corrected chi connectivity index (χ1v) is 37.8. The van der Waals surface area contributed by atoms with E-state index in [1.807, 2.05) is 243 Å². The number of para-hydroxylation sites is 6. The van der Waals surface area contributed by atoms with Crippen molar-refractivity contribution in [3.05, 3.63) is 425 Å². The lowest BCUT2D eigenvalue weighted by Gasteiger charge is -2.18. The maximum absolute atomic E-state index is 14.4. The van der Waals surface area contributed by atoms with Crippen LogP contribution in [0.5, 0.6) is 0 Å². The standard InChI is InChI=1S/C39H28ClN3O2.C32H22ClN3O2.C25H16ClN3O2/c40-30-20-21-33-31(24-30)37(29-16-8-3-9-17-29)38(39(45)43(33)26-28-14-6-2-7-15-28)35(44)22-23-36-41-32-18-10-11-19-34(32)42(36)25-27-12-4-1-5-13-27;33-23-15-16-25-24(19-23)30(22-11-5-2-6-12-22)31(32(38)35-25)28(37)17-18-29-34-26-13-7-8-14-27(26)36(29)20-21-9-3-1-4-10-21;26-16-10-11-18-17(14-16)23(15-6-2-1-3-7-15)24(25(31)29-18)21(30)12-13-22-27-19-8-4-5-9-20(19)28-22/h1-24H,25-26H2;1-19H,20H2,(H,35,38);1-14H,(H,27,28)(H,29,31)/b23-22+;18-17+;13-12+. The van der Waals surface area contributed by atoms with Gasteiger partial charge in [0, 0.05) is 72.0 Å². The van der Waals surface area contributed by atoms with Gasteiger partial charge in [-0.25, -0.2) is 15.0 Å². The van der Waals surface area contributed by atoms with E-state index in [0.29, 0.717) is 96.2 Å². The minimum atomic E-state index is -0.453. The monoisotopic (exact) mass is 1550 g/mol. The normalized spacial score (nSPS) is 11.5. The SMILES string of the molecule is O=C(/C=C/c1nc2ccccc2[nH]1)c1c(-c2ccccc2)c2cc(Cl)ccc2[nH]c1=O.O=C(/C=C/c1nc2ccccc2n1Cc1ccccc1)c1c(-c2ccccc2)c2cc(Cl)ccc2[nH]c1=O.O=C(/C=C/c1nc2ccccc2n1Cc1ccccc1)c1c(-c2ccccc2)c2cc(Cl)ccc2n(Cc2ccccc2)c1=O. The fraction of sp³-hybridized carbons (Fsp3) is 0.0312. The summed E-state index contributed by atoms with van der Waals surface area (Å²) in [5.41, 5.74) is 13.3. The Labute approximate surface area is 667 Å². The quantitative estimate of drug-likeness (QED) is 0.0552. The lowest BCUT2D eigenvalue weighted by atomic mass is 9.93. The van der Waals surface area contributed by atoms with Gasteiger partial charge >= 0.3 is 0 Å². The summed E-state index contributed by atoms with van der Waals surface area (Å²) in [4.78, 5) is 105. The number of pyridine rings is 3. The summed E-state index contributed by atoms with van der Waals surface area (Å²) in [7, 11) is 0. The molecule has 0 aliphatic rings. The summed E-state index contributed by atoms with van der Waals surface area (Å²) in [6.45, 7) is 1.49. The Balaban J connectivity index is 0.000000131. The Morgan fingerprint density at radius 3 is 1.11 bits per heavy atom. The van der Waals surface area contributed by atoms with Crippen LogP contribution in [0.3, 0.4) is 0 Å². The molecule has 0 fully saturated rings. The third-order valence-electron chi connectivity index (χ3n) is 19.6. The van der Waals surface area contributed by atoms with Gasteiger partial charge in [-0.05, 0) is 161 Å². The van der Waals surface area contributed by atoms with Crippen molar-refractivity contribution in [3.63, 3.8) is 0 Å². The van der Waals surface area contributed by atoms with Crippen LogP contribution in [0.4, 0.5) is 0 Å². The van der Waals surface area contributed by atoms with Gasteiger partial charge in [0.1, 0.15) is 17.5 Å². The molecule has 114 heavy (non-hydrogen) atoms. The molecule has 552 valence electrons. The third-order valence-corrected chi connectivity index (χ3v) is 20.3. The Morgan fingerprint density at radius 2 is 0.667 bits per heavy atom. The maximum atomic E-state index is 14.4. The van der Waals surface area contributed by atoms with Gasteiger partial charge in [-0.1, -0.05) is 253 Å². The number of carbonyl (C=O) groups excluding carboxylic acids is 3. The van der Waals surface area contributed by atoms with Crippen molar-refractivity contribution < 1.29 is 14.4 Å². The first-order chi connectivity index (χ1) is 55.7. The zero-order chi connectivity index (χ0) is 78.2. The molecule has 6 heterocycles. The van der Waals surface area contributed by atoms with E-state index in [0.717, 1.165) is 71.9 Å². The summed E-state index contributed by atoms with van der Waals surface area (Å²) in [5.74, 6) is 0.567. The van der Waals surface area contributed by atoms with Crippen molar-refractivity contribution in [2.75, 3.05) is 0 Å². The number of hydrogen-bond donors (Lipinski definition) is 3. The van der Waals surface area contributed by atoms with Gasteiger partial charge < -0.3 is 28.7 Å². The van der Waals surface area contributed by atoms with Crippen LogP contribution in [-0.4, -0.2) is 61.0 Å². The number of aromatic nitrogens is 9. The van der Waals surface area contributed by atoms with E-state index in [1.54, 1.807) is 65.3 Å². The molecule has 18 rings (SSSR count). The number of H-pyrrole nitrogens is 3. The number of aromatic amines is 3. The van der Waals surface area contributed by atoms with Crippen molar-refractivity contribution in [1.29, 1.82) is 0 Å². The molecular formula is C96H66Cl3N9O6. The van der Waals surface area contributed by atoms with Crippen LogP contribution in [-0.2, 0) is 19.6 Å². The predicted octanol–water partition coefficient (Wildman–Crippen LogP) is 21.4. The highest BCUT2D eigenvalue weighted by molar-refractivity contribution is 6.33. The number of fused-ring (bicyclic) bond motifs is 6. The van der Waals surface area contributed by atoms with Gasteiger partial charge in [-0.3, -0.25) is 28.8 Å². The molecule has 0 saturated carbocycles. The number of ketones is 3. The molecule has 0 bridgehead atoms. The van der Waals surface area contributed by atoms with Crippen LogP contribution in [0, 0.1) is 0 Å². The molecule has 3 N–H and O–H groups in total. The van der Waals surface area contributed by atoms with Gasteiger partial charge in [0.05, 0.1) is 61.9 Å². The third kappa shape index (κ3) is 15.8. The number of hydrogen-bond acceptors (Lipinski definition) is 9. The molecule has 0 atom stereocenters. The van der Waals surface area contributed by atoms with E-state index in [4.69, 9.17) is 44.8 Å². The van der Waals surface area contributed by atoms with Crippen LogP contribution in [0.15, 0.2) is 342 Å². The minimum absolute atomic E-state index is 0.0629. The fourth-order valence-electron chi connectivity index (χ4n) is 14.4. The highest BCUT2D eigenvalue weighted by Gasteiger charge is 2.26. The van der Waals surface area contributed by atoms with Crippen LogP contribution < -0.4 is 16.7 Å². The molecular weight excluding hydrogens is 1480 g/mol. The number of imidazole rings is 3. The molecule has 0 saturated heterocycles. The summed E-state index contributed by atoms with van der Waals surface area (Å²) in [5, 5.41) is 3.71. The predicted molar refractivity (Wildman–Crippen MR) is 461 cm³/mol. The highest BCUT2D eigenvalue weighted by Crippen LogP contribution is 2.37. The fourth-order valence-corrected chi connectivity index (χ4v) is 14.9. The molecule has 0 spiro atoms. The summed E-state index contributed by atoms with van der Waals surface area (Å²) >= 11 is 19.1. The van der Waals surface area contributed by atoms with Crippen LogP contribution >= 0.6 is 34.8 Å². The molecule has 15 nitrogen and oxygen atoms in total. The smallest absolute Gasteiger partial charge is 0.263 e. The molecule has 18 heteroatoms. The van der Waals surface area contributed by atoms with Gasteiger partial charge in [0.25, 0.3) is 16.7 Å². The molecule has 0 aliphatic heterocycles. The van der Waals surface area contributed by atoms with Crippen molar-refractivity contribution in [2.45, 2.75) is 19.6 Å². The van der Waals surface area contributed by atoms with Crippen molar-refractivity contribution in [3.8, 4) is 33.4 Å². The van der Waals surface area contributed by atoms with E-state index in [2.05, 4.69) is 53.3 Å². The Hall–Kier alpha value is -14.2. The second kappa shape index (κ2) is 33.2. The highest BCUT2D eigenvalue weighted by atomic mass is 35.5. The van der Waals surface area contributed by atoms with E-state index < -0.39 is 28.5 Å². The molecule has 6 aromatic heterocycles. The van der Waals surface area contributed by atoms with Crippen molar-refractivity contribution in [1.82, 2.24) is 43.6 Å². The van der Waals surface area contributed by atoms with Gasteiger partial charge in [-0.2, -0.15) is 0 Å². The van der Waals surface area contributed by atoms with Crippen LogP contribution in [0.2, 0.25) is 15.1 Å². The number of allylic oxidation sites excluding steroid dienone is 3. The number of carbonyl (C=O) groups is 3. The number of benzene rings is 12. The summed E-state index contributed by atoms with van der Waals surface area (Å²) in [6.07, 6.45) is 9.24. The number of nitrogens with zero attached hydrogens (tertiary/aromatic N) is 6. The molecule has 0 unspecified atom stereocenters. The largest absolute Gasteiger partial charge is 0.338 e. The topological polar surface area (TPSA) is 203 Å². The van der Waals surface area contributed by atoms with Gasteiger partial charge in [-0.15, -0.1) is 0 Å². The van der Waals surface area contributed by atoms with E-state index in [9.17, 15) is 28.8 Å². The number of halogens is 3. The summed E-state index contributed by atoms with van der Waals surface area (Å²) in [6, 6.07) is 97.5. The second-order valence-electron chi connectivity index (χ2n) is 27.0. The Bertz CT molecular complexity index is 6960. The number of rotatable bonds is 18. The van der Waals surface area contributed by atoms with Crippen molar-refractivity contribution in [2.24, 2.45) is 0 Å². The lowest BCUT2D eigenvalue weighted by molar-refractivity contribution is 0.103. The summed E-state index contributed by atoms with van der Waals surface area (Å²) < 4.78 is 5.82. The number of nitrogens with one attached hydrogen (secondary N) is 3. The van der Waals surface area contributed by atoms with Gasteiger partial charge in [0.2, 0.25) is 0 Å². The molecule has 0 amide bonds. The molecule has 0 aliphatic carbocycles. The Kier molecular flexibility index (Phi) is 21.5. The van der Waals surface area contributed by atoms with Crippen LogP contribution in [0.1, 0.15) is 65.2 Å². The average molecular weight is 1550 g/mol. The lowest BCUT2D eigenvalue weighted by Crippen LogP contribution is -2.28. The van der Waals surface area contributed by atoms with Gasteiger partial charge in [0.15, 0.2) is 17.3 Å². The first-order valence-electron chi connectivity index (χ1n) is 36.6. The van der Waals surface area contributed by atoms with E-state index >= 15 is 0 Å². The first kappa shape index (κ1) is 73.9. The van der Waals surface area contributed by atoms with Crippen LogP contribution in [0.25, 0.3) is 117 Å². The zero-order valence-corrected chi connectivity index (χ0v) is 63.1. The zero-order valence-electron chi connectivity index (χ0n) is 60.8. The second-order valence-corrected chi connectivity index (χ2v) is 28.3. The van der Waals surface area contributed by atoms with Crippen molar-refractivity contribution >= 4 is 136 Å². The molecule has 18 aromatic rings. The Morgan fingerprint density at radius 1 is 0.316 bits per heavy atom. The molecule has 12 aromatic carbocycles. The average Bonchev–Trinajstić information content (AvgIpc) is 1.02. The van der Waals surface area contributed by atoms with E-state index in [1.165, 1.54) is 18.2 Å². The molecule has 0 radical (unpaired) electrons. The minimum Gasteiger partial charge on any atom is -0.338 e. The van der Waals surface area contributed by atoms with E-state index in [-0.39, 0.29) is 22.2 Å². The maximum Gasteiger partial charge on any atom is 0.263 e.